The normalized spacial score (nSPS) is 16.3. The van der Waals surface area contributed by atoms with Gasteiger partial charge in [-0.15, -0.1) is 5.10 Å². The molecule has 0 N–H and O–H groups in total. The van der Waals surface area contributed by atoms with Gasteiger partial charge >= 0.3 is 0 Å². The van der Waals surface area contributed by atoms with Crippen LogP contribution < -0.4 is 0 Å². The van der Waals surface area contributed by atoms with E-state index in [2.05, 4.69) is 20.3 Å². The monoisotopic (exact) mass is 267 g/mol. The molecule has 0 radical (unpaired) electrons. The smallest absolute Gasteiger partial charge is 0.223 e. The molecular formula is C11H11ClFN5. The highest BCUT2D eigenvalue weighted by Gasteiger charge is 2.20. The molecule has 94 valence electrons. The van der Waals surface area contributed by atoms with Gasteiger partial charge in [0.05, 0.1) is 18.4 Å². The zero-order valence-electron chi connectivity index (χ0n) is 9.55. The molecule has 7 heteroatoms. The van der Waals surface area contributed by atoms with E-state index in [1.807, 2.05) is 0 Å². The molecule has 0 aliphatic heterocycles. The lowest BCUT2D eigenvalue weighted by molar-refractivity contribution is 0.454. The summed E-state index contributed by atoms with van der Waals surface area (Å²) in [5.41, 5.74) is 0.489. The molecule has 0 atom stereocenters. The van der Waals surface area contributed by atoms with E-state index in [9.17, 15) is 4.39 Å². The molecule has 0 bridgehead atoms. The number of hydrogen-bond acceptors (Lipinski definition) is 4. The molecule has 1 saturated carbocycles. The van der Waals surface area contributed by atoms with Crippen molar-refractivity contribution in [1.29, 1.82) is 0 Å². The molecule has 3 rings (SSSR count). The summed E-state index contributed by atoms with van der Waals surface area (Å²) in [6.45, 7) is 0. The lowest BCUT2D eigenvalue weighted by atomic mass is 10.2. The van der Waals surface area contributed by atoms with Crippen LogP contribution in [-0.2, 0) is 0 Å². The fourth-order valence-corrected chi connectivity index (χ4v) is 2.39. The van der Waals surface area contributed by atoms with Gasteiger partial charge in [-0.25, -0.2) is 19.0 Å². The molecule has 2 aromatic heterocycles. The molecule has 0 aromatic carbocycles. The lowest BCUT2D eigenvalue weighted by Gasteiger charge is -2.06. The van der Waals surface area contributed by atoms with Crippen LogP contribution in [0.4, 0.5) is 4.39 Å². The Morgan fingerprint density at radius 2 is 2.11 bits per heavy atom. The van der Waals surface area contributed by atoms with Gasteiger partial charge in [0.25, 0.3) is 0 Å². The van der Waals surface area contributed by atoms with Crippen molar-refractivity contribution >= 4 is 11.6 Å². The maximum Gasteiger partial charge on any atom is 0.223 e. The van der Waals surface area contributed by atoms with Gasteiger partial charge in [0.1, 0.15) is 11.4 Å². The van der Waals surface area contributed by atoms with Crippen LogP contribution in [0.25, 0.3) is 11.4 Å². The van der Waals surface area contributed by atoms with E-state index >= 15 is 0 Å². The van der Waals surface area contributed by atoms with E-state index in [-0.39, 0.29) is 11.0 Å². The van der Waals surface area contributed by atoms with E-state index in [0.717, 1.165) is 19.0 Å². The summed E-state index contributed by atoms with van der Waals surface area (Å²) in [6.07, 6.45) is 7.35. The number of nitrogens with zero attached hydrogens (tertiary/aromatic N) is 5. The second-order valence-corrected chi connectivity index (χ2v) is 4.70. The minimum Gasteiger partial charge on any atom is -0.249 e. The van der Waals surface area contributed by atoms with Crippen LogP contribution in [-0.4, -0.2) is 25.0 Å². The van der Waals surface area contributed by atoms with Crippen molar-refractivity contribution < 1.29 is 4.39 Å². The zero-order valence-corrected chi connectivity index (χ0v) is 10.3. The molecule has 0 saturated heterocycles. The van der Waals surface area contributed by atoms with Crippen LogP contribution in [0.1, 0.15) is 31.7 Å². The van der Waals surface area contributed by atoms with E-state index in [0.29, 0.717) is 11.7 Å². The quantitative estimate of drug-likeness (QED) is 0.785. The van der Waals surface area contributed by atoms with Crippen LogP contribution in [0, 0.1) is 5.82 Å². The number of hydrogen-bond donors (Lipinski definition) is 0. The standard InChI is InChI=1S/C11H11ClFN5/c12-11-14-5-8(13)10(15-11)9-6-18(17-16-9)7-3-1-2-4-7/h5-7H,1-4H2. The summed E-state index contributed by atoms with van der Waals surface area (Å²) < 4.78 is 15.4. The van der Waals surface area contributed by atoms with E-state index < -0.39 is 5.82 Å². The first kappa shape index (κ1) is 11.5. The van der Waals surface area contributed by atoms with Gasteiger partial charge in [-0.2, -0.15) is 0 Å². The van der Waals surface area contributed by atoms with Crippen LogP contribution in [0.3, 0.4) is 0 Å². The molecule has 2 heterocycles. The van der Waals surface area contributed by atoms with Crippen LogP contribution in [0.15, 0.2) is 12.4 Å². The number of aromatic nitrogens is 5. The fourth-order valence-electron chi connectivity index (χ4n) is 2.26. The van der Waals surface area contributed by atoms with Crippen LogP contribution >= 0.6 is 11.6 Å². The van der Waals surface area contributed by atoms with Gasteiger partial charge in [-0.3, -0.25) is 0 Å². The first-order valence-corrected chi connectivity index (χ1v) is 6.22. The minimum atomic E-state index is -0.544. The molecule has 18 heavy (non-hydrogen) atoms. The Labute approximate surface area is 108 Å². The second kappa shape index (κ2) is 4.61. The molecule has 1 fully saturated rings. The van der Waals surface area contributed by atoms with Crippen molar-refractivity contribution in [3.63, 3.8) is 0 Å². The Kier molecular flexibility index (Phi) is 2.95. The summed E-state index contributed by atoms with van der Waals surface area (Å²) in [6, 6.07) is 0.367. The molecule has 0 unspecified atom stereocenters. The Morgan fingerprint density at radius 3 is 2.89 bits per heavy atom. The van der Waals surface area contributed by atoms with Crippen molar-refractivity contribution in [2.75, 3.05) is 0 Å². The first-order valence-electron chi connectivity index (χ1n) is 5.84. The average molecular weight is 268 g/mol. The van der Waals surface area contributed by atoms with Crippen molar-refractivity contribution in [3.05, 3.63) is 23.5 Å². The van der Waals surface area contributed by atoms with Crippen molar-refractivity contribution in [2.45, 2.75) is 31.7 Å². The number of halogens is 2. The maximum atomic E-state index is 13.6. The molecule has 1 aliphatic rings. The van der Waals surface area contributed by atoms with E-state index in [1.165, 1.54) is 12.8 Å². The predicted octanol–water partition coefficient (Wildman–Crippen LogP) is 2.64. The Morgan fingerprint density at radius 1 is 1.33 bits per heavy atom. The molecule has 1 aliphatic carbocycles. The predicted molar refractivity (Wildman–Crippen MR) is 63.5 cm³/mol. The number of rotatable bonds is 2. The Hall–Kier alpha value is -1.56. The van der Waals surface area contributed by atoms with Gasteiger partial charge in [0.15, 0.2) is 5.82 Å². The second-order valence-electron chi connectivity index (χ2n) is 4.36. The molecule has 5 nitrogen and oxygen atoms in total. The van der Waals surface area contributed by atoms with Crippen LogP contribution in [0.5, 0.6) is 0 Å². The highest BCUT2D eigenvalue weighted by molar-refractivity contribution is 6.28. The van der Waals surface area contributed by atoms with Gasteiger partial charge in [-0.05, 0) is 24.4 Å². The summed E-state index contributed by atoms with van der Waals surface area (Å²) in [5.74, 6) is -0.544. The highest BCUT2D eigenvalue weighted by Crippen LogP contribution is 2.29. The van der Waals surface area contributed by atoms with Gasteiger partial charge in [0, 0.05) is 0 Å². The summed E-state index contributed by atoms with van der Waals surface area (Å²) in [4.78, 5) is 7.42. The Bertz CT molecular complexity index is 564. The average Bonchev–Trinajstić information content (AvgIpc) is 3.00. The van der Waals surface area contributed by atoms with Gasteiger partial charge in [0.2, 0.25) is 5.28 Å². The zero-order chi connectivity index (χ0) is 12.5. The van der Waals surface area contributed by atoms with Gasteiger partial charge < -0.3 is 0 Å². The maximum absolute atomic E-state index is 13.6. The highest BCUT2D eigenvalue weighted by atomic mass is 35.5. The van der Waals surface area contributed by atoms with Crippen molar-refractivity contribution in [1.82, 2.24) is 25.0 Å². The lowest BCUT2D eigenvalue weighted by Crippen LogP contribution is -2.04. The topological polar surface area (TPSA) is 56.5 Å². The largest absolute Gasteiger partial charge is 0.249 e. The van der Waals surface area contributed by atoms with Crippen LogP contribution in [0.2, 0.25) is 5.28 Å². The minimum absolute atomic E-state index is 0.00168. The summed E-state index contributed by atoms with van der Waals surface area (Å²) in [5, 5.41) is 8.00. The summed E-state index contributed by atoms with van der Waals surface area (Å²) in [7, 11) is 0. The third-order valence-electron chi connectivity index (χ3n) is 3.17. The van der Waals surface area contributed by atoms with E-state index in [4.69, 9.17) is 11.6 Å². The third kappa shape index (κ3) is 2.08. The fraction of sp³-hybridized carbons (Fsp3) is 0.455. The van der Waals surface area contributed by atoms with Crippen molar-refractivity contribution in [2.24, 2.45) is 0 Å². The molecule has 0 amide bonds. The molecule has 0 spiro atoms. The van der Waals surface area contributed by atoms with E-state index in [1.54, 1.807) is 10.9 Å². The van der Waals surface area contributed by atoms with Crippen molar-refractivity contribution in [3.8, 4) is 11.4 Å². The molecule has 2 aromatic rings. The SMILES string of the molecule is Fc1cnc(Cl)nc1-c1cn(C2CCCC2)nn1. The molecular weight excluding hydrogens is 257 g/mol. The third-order valence-corrected chi connectivity index (χ3v) is 3.35. The first-order chi connectivity index (χ1) is 8.74. The summed E-state index contributed by atoms with van der Waals surface area (Å²) >= 11 is 5.66. The van der Waals surface area contributed by atoms with Gasteiger partial charge in [-0.1, -0.05) is 18.1 Å². The Balaban J connectivity index is 1.94.